The first kappa shape index (κ1) is 16.8. The molecule has 1 aromatic heterocycles. The van der Waals surface area contributed by atoms with Crippen LogP contribution >= 0.6 is 7.60 Å². The average molecular weight is 307 g/mol. The van der Waals surface area contributed by atoms with Gasteiger partial charge in [0.1, 0.15) is 5.82 Å². The summed E-state index contributed by atoms with van der Waals surface area (Å²) >= 11 is 0. The summed E-state index contributed by atoms with van der Waals surface area (Å²) in [6.45, 7) is 0.203. The Hall–Kier alpha value is -1.25. The highest BCUT2D eigenvalue weighted by atomic mass is 31.2. The molecule has 0 aliphatic heterocycles. The Morgan fingerprint density at radius 1 is 1.55 bits per heavy atom. The maximum absolute atomic E-state index is 11.6. The first-order chi connectivity index (χ1) is 9.31. The molecule has 1 rings (SSSR count). The van der Waals surface area contributed by atoms with E-state index in [0.29, 0.717) is 0 Å². The monoisotopic (exact) mass is 307 g/mol. The Kier molecular flexibility index (Phi) is 6.31. The second-order valence-corrected chi connectivity index (χ2v) is 5.90. The van der Waals surface area contributed by atoms with Crippen molar-refractivity contribution in [3.05, 3.63) is 22.7 Å². The molecule has 1 atom stereocenters. The summed E-state index contributed by atoms with van der Waals surface area (Å²) in [4.78, 5) is 32.6. The highest BCUT2D eigenvalue weighted by molar-refractivity contribution is 7.51. The molecule has 1 heterocycles. The molecule has 0 radical (unpaired) electrons. The maximum Gasteiger partial charge on any atom is 0.349 e. The molecule has 9 nitrogen and oxygen atoms in total. The normalized spacial score (nSPS) is 13.3. The van der Waals surface area contributed by atoms with Crippen LogP contribution in [0.1, 0.15) is 0 Å². The number of aromatic nitrogens is 2. The van der Waals surface area contributed by atoms with Gasteiger partial charge < -0.3 is 25.0 Å². The summed E-state index contributed by atoms with van der Waals surface area (Å²) in [6, 6.07) is 1.47. The lowest BCUT2D eigenvalue weighted by molar-refractivity contribution is -0.00590. The van der Waals surface area contributed by atoms with Crippen molar-refractivity contribution in [3.63, 3.8) is 0 Å². The third kappa shape index (κ3) is 6.27. The number of rotatable bonds is 8. The molecule has 20 heavy (non-hydrogen) atoms. The van der Waals surface area contributed by atoms with Crippen LogP contribution in [0.25, 0.3) is 0 Å². The van der Waals surface area contributed by atoms with Gasteiger partial charge >= 0.3 is 13.3 Å². The Bertz CT molecular complexity index is 528. The minimum absolute atomic E-state index is 0.122. The number of nitrogens with two attached hydrogens (primary N) is 1. The van der Waals surface area contributed by atoms with Gasteiger partial charge in [-0.15, -0.1) is 0 Å². The molecule has 0 unspecified atom stereocenters. The van der Waals surface area contributed by atoms with Crippen LogP contribution in [0, 0.1) is 0 Å². The van der Waals surface area contributed by atoms with E-state index >= 15 is 0 Å². The van der Waals surface area contributed by atoms with E-state index in [0.717, 1.165) is 0 Å². The average Bonchev–Trinajstić information content (AvgIpc) is 2.31. The van der Waals surface area contributed by atoms with Crippen molar-refractivity contribution in [3.8, 4) is 0 Å². The van der Waals surface area contributed by atoms with E-state index in [1.165, 1.54) is 23.9 Å². The van der Waals surface area contributed by atoms with Crippen molar-refractivity contribution in [1.29, 1.82) is 0 Å². The van der Waals surface area contributed by atoms with E-state index in [4.69, 9.17) is 25.0 Å². The largest absolute Gasteiger partial charge is 0.383 e. The molecular weight excluding hydrogens is 289 g/mol. The van der Waals surface area contributed by atoms with E-state index in [2.05, 4.69) is 4.98 Å². The molecule has 0 aliphatic rings. The molecule has 0 bridgehead atoms. The molecule has 0 aliphatic carbocycles. The molecule has 10 heteroatoms. The van der Waals surface area contributed by atoms with Gasteiger partial charge in [-0.3, -0.25) is 9.13 Å². The van der Waals surface area contributed by atoms with Crippen LogP contribution in [0.2, 0.25) is 0 Å². The predicted molar refractivity (Wildman–Crippen MR) is 71.4 cm³/mol. The topological polar surface area (TPSA) is 137 Å². The molecule has 0 saturated heterocycles. The van der Waals surface area contributed by atoms with Crippen LogP contribution < -0.4 is 11.4 Å². The van der Waals surface area contributed by atoms with Crippen LogP contribution in [0.3, 0.4) is 0 Å². The van der Waals surface area contributed by atoms with E-state index < -0.39 is 19.4 Å². The van der Waals surface area contributed by atoms with E-state index in [1.807, 2.05) is 0 Å². The Labute approximate surface area is 115 Å². The molecular formula is C10H18N3O6P. The van der Waals surface area contributed by atoms with Crippen LogP contribution in [-0.2, 0) is 20.6 Å². The fourth-order valence-corrected chi connectivity index (χ4v) is 1.82. The van der Waals surface area contributed by atoms with Crippen molar-refractivity contribution in [2.75, 3.05) is 32.2 Å². The van der Waals surface area contributed by atoms with E-state index in [1.54, 1.807) is 0 Å². The first-order valence-corrected chi connectivity index (χ1v) is 7.59. The number of hydrogen-bond donors (Lipinski definition) is 3. The molecule has 0 spiro atoms. The van der Waals surface area contributed by atoms with Gasteiger partial charge in [-0.2, -0.15) is 4.98 Å². The van der Waals surface area contributed by atoms with E-state index in [9.17, 15) is 9.36 Å². The number of hydrogen-bond acceptors (Lipinski definition) is 6. The molecule has 4 N–H and O–H groups in total. The Morgan fingerprint density at radius 2 is 2.25 bits per heavy atom. The summed E-state index contributed by atoms with van der Waals surface area (Å²) in [7, 11) is -2.64. The summed E-state index contributed by atoms with van der Waals surface area (Å²) < 4.78 is 22.3. The highest BCUT2D eigenvalue weighted by Crippen LogP contribution is 2.33. The second kappa shape index (κ2) is 7.51. The van der Waals surface area contributed by atoms with Gasteiger partial charge in [-0.25, -0.2) is 4.79 Å². The standard InChI is InChI=1S/C10H18N3O6P/c1-18-7-8(19-4-5-20(15,16)17)6-13-3-2-9(11)12-10(13)14/h2-3,8H,4-7H2,1H3,(H2,11,12,14)(H2,15,16,17)/t8-/m0/s1. The third-order valence-corrected chi connectivity index (χ3v) is 3.15. The number of nitrogens with zero attached hydrogens (tertiary/aromatic N) is 2. The van der Waals surface area contributed by atoms with Gasteiger partial charge in [0.25, 0.3) is 0 Å². The zero-order chi connectivity index (χ0) is 15.2. The smallest absolute Gasteiger partial charge is 0.349 e. The number of ether oxygens (including phenoxy) is 2. The SMILES string of the molecule is COC[C@H](Cn1ccc(N)nc1=O)OCCP(=O)(O)O. The third-order valence-electron chi connectivity index (χ3n) is 2.38. The van der Waals surface area contributed by atoms with Gasteiger partial charge in [-0.1, -0.05) is 0 Å². The lowest BCUT2D eigenvalue weighted by Gasteiger charge is -2.18. The molecule has 114 valence electrons. The lowest BCUT2D eigenvalue weighted by Crippen LogP contribution is -2.33. The summed E-state index contributed by atoms with van der Waals surface area (Å²) in [6.07, 6.45) is 0.566. The number of nitrogen functional groups attached to an aromatic ring is 1. The van der Waals surface area contributed by atoms with Crippen molar-refractivity contribution in [2.24, 2.45) is 0 Å². The van der Waals surface area contributed by atoms with Gasteiger partial charge in [0.05, 0.1) is 32.0 Å². The van der Waals surface area contributed by atoms with Crippen LogP contribution in [0.15, 0.2) is 17.1 Å². The van der Waals surface area contributed by atoms with Crippen LogP contribution in [-0.4, -0.2) is 51.9 Å². The summed E-state index contributed by atoms with van der Waals surface area (Å²) in [5.41, 5.74) is 4.85. The fraction of sp³-hybridized carbons (Fsp3) is 0.600. The summed E-state index contributed by atoms with van der Waals surface area (Å²) in [5, 5.41) is 0. The zero-order valence-electron chi connectivity index (χ0n) is 11.0. The molecule has 0 fully saturated rings. The molecule has 1 aromatic rings. The minimum atomic E-state index is -4.10. The zero-order valence-corrected chi connectivity index (χ0v) is 11.9. The van der Waals surface area contributed by atoms with Crippen molar-refractivity contribution in [1.82, 2.24) is 9.55 Å². The van der Waals surface area contributed by atoms with E-state index in [-0.39, 0.29) is 31.7 Å². The molecule has 0 amide bonds. The van der Waals surface area contributed by atoms with Crippen molar-refractivity contribution in [2.45, 2.75) is 12.6 Å². The number of anilines is 1. The van der Waals surface area contributed by atoms with Gasteiger partial charge in [0.2, 0.25) is 0 Å². The maximum atomic E-state index is 11.6. The lowest BCUT2D eigenvalue weighted by atomic mass is 10.3. The summed E-state index contributed by atoms with van der Waals surface area (Å²) in [5.74, 6) is 0.122. The van der Waals surface area contributed by atoms with Gasteiger partial charge in [0, 0.05) is 13.3 Å². The highest BCUT2D eigenvalue weighted by Gasteiger charge is 2.16. The molecule has 0 aromatic carbocycles. The Morgan fingerprint density at radius 3 is 2.80 bits per heavy atom. The minimum Gasteiger partial charge on any atom is -0.383 e. The van der Waals surface area contributed by atoms with Crippen molar-refractivity contribution < 1.29 is 23.8 Å². The first-order valence-electron chi connectivity index (χ1n) is 5.80. The predicted octanol–water partition coefficient (Wildman–Crippen LogP) is -0.965. The van der Waals surface area contributed by atoms with Crippen LogP contribution in [0.5, 0.6) is 0 Å². The second-order valence-electron chi connectivity index (χ2n) is 4.12. The van der Waals surface area contributed by atoms with Gasteiger partial charge in [-0.05, 0) is 6.07 Å². The van der Waals surface area contributed by atoms with Crippen LogP contribution in [0.4, 0.5) is 5.82 Å². The Balaban J connectivity index is 2.62. The fourth-order valence-electron chi connectivity index (χ4n) is 1.48. The molecule has 0 saturated carbocycles. The number of methoxy groups -OCH3 is 1. The van der Waals surface area contributed by atoms with Gasteiger partial charge in [0.15, 0.2) is 0 Å². The quantitative estimate of drug-likeness (QED) is 0.522. The van der Waals surface area contributed by atoms with Crippen molar-refractivity contribution >= 4 is 13.4 Å².